The van der Waals surface area contributed by atoms with Crippen molar-refractivity contribution in [3.05, 3.63) is 18.2 Å². The first-order chi connectivity index (χ1) is 10.0. The molecule has 1 aliphatic rings. The first-order valence-corrected chi connectivity index (χ1v) is 8.16. The van der Waals surface area contributed by atoms with Gasteiger partial charge in [0, 0.05) is 35.8 Å². The summed E-state index contributed by atoms with van der Waals surface area (Å²) in [6.07, 6.45) is 0. The summed E-state index contributed by atoms with van der Waals surface area (Å²) in [7, 11) is 1.57. The molecule has 0 bridgehead atoms. The Labute approximate surface area is 130 Å². The number of nitrogens with two attached hydrogens (primary N) is 1. The molecule has 6 heteroatoms. The van der Waals surface area contributed by atoms with Gasteiger partial charge in [-0.1, -0.05) is 6.92 Å². The number of hydrogen-bond donors (Lipinski definition) is 2. The van der Waals surface area contributed by atoms with Gasteiger partial charge in [-0.3, -0.25) is 9.69 Å². The quantitative estimate of drug-likeness (QED) is 0.833. The second-order valence-electron chi connectivity index (χ2n) is 5.30. The van der Waals surface area contributed by atoms with E-state index >= 15 is 0 Å². The van der Waals surface area contributed by atoms with Crippen LogP contribution < -0.4 is 15.8 Å². The summed E-state index contributed by atoms with van der Waals surface area (Å²) in [6.45, 7) is 6.03. The Morgan fingerprint density at radius 3 is 3.00 bits per heavy atom. The number of thioether (sulfide) groups is 1. The number of rotatable bonds is 4. The highest BCUT2D eigenvalue weighted by Crippen LogP contribution is 2.27. The molecule has 21 heavy (non-hydrogen) atoms. The number of ether oxygens (including phenoxy) is 1. The second-order valence-corrected chi connectivity index (χ2v) is 6.85. The summed E-state index contributed by atoms with van der Waals surface area (Å²) in [5, 5.41) is 3.50. The molecule has 1 saturated heterocycles. The Bertz CT molecular complexity index is 510. The van der Waals surface area contributed by atoms with Crippen LogP contribution in [0.3, 0.4) is 0 Å². The van der Waals surface area contributed by atoms with Gasteiger partial charge in [0.15, 0.2) is 0 Å². The van der Waals surface area contributed by atoms with Crippen LogP contribution in [0.2, 0.25) is 0 Å². The highest BCUT2D eigenvalue weighted by Gasteiger charge is 2.26. The number of nitrogen functional groups attached to an aromatic ring is 1. The minimum Gasteiger partial charge on any atom is -0.494 e. The molecule has 116 valence electrons. The number of methoxy groups -OCH3 is 1. The third-order valence-corrected chi connectivity index (χ3v) is 4.82. The molecule has 1 heterocycles. The van der Waals surface area contributed by atoms with E-state index in [4.69, 9.17) is 10.5 Å². The summed E-state index contributed by atoms with van der Waals surface area (Å²) in [6, 6.07) is 5.08. The molecule has 1 amide bonds. The monoisotopic (exact) mass is 309 g/mol. The van der Waals surface area contributed by atoms with Gasteiger partial charge in [0.25, 0.3) is 0 Å². The second kappa shape index (κ2) is 7.04. The third kappa shape index (κ3) is 4.04. The number of nitrogens with zero attached hydrogens (tertiary/aromatic N) is 1. The van der Waals surface area contributed by atoms with Crippen molar-refractivity contribution >= 4 is 29.0 Å². The molecule has 5 nitrogen and oxygen atoms in total. The highest BCUT2D eigenvalue weighted by atomic mass is 32.2. The highest BCUT2D eigenvalue weighted by molar-refractivity contribution is 7.99. The van der Waals surface area contributed by atoms with Gasteiger partial charge < -0.3 is 15.8 Å². The van der Waals surface area contributed by atoms with E-state index in [0.29, 0.717) is 22.4 Å². The molecule has 1 aromatic rings. The van der Waals surface area contributed by atoms with Crippen molar-refractivity contribution in [2.75, 3.05) is 37.0 Å². The smallest absolute Gasteiger partial charge is 0.241 e. The molecule has 0 aromatic heterocycles. The molecule has 1 aromatic carbocycles. The van der Waals surface area contributed by atoms with E-state index in [1.807, 2.05) is 18.7 Å². The van der Waals surface area contributed by atoms with Gasteiger partial charge in [-0.15, -0.1) is 0 Å². The minimum absolute atomic E-state index is 0.0165. The van der Waals surface area contributed by atoms with Gasteiger partial charge in [-0.05, 0) is 19.1 Å². The largest absolute Gasteiger partial charge is 0.494 e. The van der Waals surface area contributed by atoms with Crippen molar-refractivity contribution < 1.29 is 9.53 Å². The van der Waals surface area contributed by atoms with Crippen molar-refractivity contribution in [3.8, 4) is 5.75 Å². The zero-order chi connectivity index (χ0) is 15.4. The number of hydrogen-bond acceptors (Lipinski definition) is 5. The summed E-state index contributed by atoms with van der Waals surface area (Å²) in [5.41, 5.74) is 6.99. The predicted octanol–water partition coefficient (Wildman–Crippen LogP) is 2.04. The fourth-order valence-electron chi connectivity index (χ4n) is 2.41. The Morgan fingerprint density at radius 2 is 2.33 bits per heavy atom. The number of amides is 1. The number of anilines is 2. The molecule has 0 radical (unpaired) electrons. The normalized spacial score (nSPS) is 20.8. The van der Waals surface area contributed by atoms with E-state index in [1.54, 1.807) is 25.3 Å². The van der Waals surface area contributed by atoms with E-state index in [2.05, 4.69) is 17.1 Å². The Balaban J connectivity index is 2.03. The average molecular weight is 309 g/mol. The molecule has 0 aliphatic carbocycles. The first kappa shape index (κ1) is 16.0. The molecular formula is C15H23N3O2S. The van der Waals surface area contributed by atoms with Crippen LogP contribution in [0.15, 0.2) is 18.2 Å². The lowest BCUT2D eigenvalue weighted by atomic mass is 10.2. The standard InChI is InChI=1S/C15H23N3O2S/c1-10-9-18(6-7-21-10)11(2)15(19)17-13-5-4-12(16)8-14(13)20-3/h4-5,8,10-11H,6-7,9,16H2,1-3H3,(H,17,19). The Hall–Kier alpha value is -1.40. The first-order valence-electron chi connectivity index (χ1n) is 7.11. The predicted molar refractivity (Wildman–Crippen MR) is 89.0 cm³/mol. The molecular weight excluding hydrogens is 286 g/mol. The van der Waals surface area contributed by atoms with Crippen LogP contribution in [0.4, 0.5) is 11.4 Å². The van der Waals surface area contributed by atoms with Crippen LogP contribution in [-0.2, 0) is 4.79 Å². The van der Waals surface area contributed by atoms with E-state index in [0.717, 1.165) is 18.8 Å². The maximum absolute atomic E-state index is 12.4. The van der Waals surface area contributed by atoms with Gasteiger partial charge in [-0.25, -0.2) is 0 Å². The van der Waals surface area contributed by atoms with Crippen molar-refractivity contribution in [2.24, 2.45) is 0 Å². The zero-order valence-electron chi connectivity index (χ0n) is 12.8. The van der Waals surface area contributed by atoms with Crippen molar-refractivity contribution in [1.29, 1.82) is 0 Å². The van der Waals surface area contributed by atoms with Gasteiger partial charge in [0.1, 0.15) is 5.75 Å². The molecule has 3 N–H and O–H groups in total. The SMILES string of the molecule is COc1cc(N)ccc1NC(=O)C(C)N1CCSC(C)C1. The summed E-state index contributed by atoms with van der Waals surface area (Å²) in [5.74, 6) is 1.64. The molecule has 1 fully saturated rings. The Morgan fingerprint density at radius 1 is 1.57 bits per heavy atom. The van der Waals surface area contributed by atoms with Gasteiger partial charge >= 0.3 is 0 Å². The average Bonchev–Trinajstić information content (AvgIpc) is 2.48. The molecule has 0 spiro atoms. The van der Waals surface area contributed by atoms with Gasteiger partial charge in [0.2, 0.25) is 5.91 Å². The van der Waals surface area contributed by atoms with Crippen molar-refractivity contribution in [2.45, 2.75) is 25.1 Å². The summed E-state index contributed by atoms with van der Waals surface area (Å²) < 4.78 is 5.26. The Kier molecular flexibility index (Phi) is 5.36. The van der Waals surface area contributed by atoms with Crippen LogP contribution in [0, 0.1) is 0 Å². The topological polar surface area (TPSA) is 67.6 Å². The molecule has 2 unspecified atom stereocenters. The van der Waals surface area contributed by atoms with Gasteiger partial charge in [-0.2, -0.15) is 11.8 Å². The van der Waals surface area contributed by atoms with E-state index in [9.17, 15) is 4.79 Å². The molecule has 1 aliphatic heterocycles. The van der Waals surface area contributed by atoms with Gasteiger partial charge in [0.05, 0.1) is 18.8 Å². The van der Waals surface area contributed by atoms with E-state index in [1.165, 1.54) is 0 Å². The minimum atomic E-state index is -0.157. The summed E-state index contributed by atoms with van der Waals surface area (Å²) >= 11 is 1.96. The number of benzene rings is 1. The van der Waals surface area contributed by atoms with Crippen molar-refractivity contribution in [3.63, 3.8) is 0 Å². The fourth-order valence-corrected chi connectivity index (χ4v) is 3.45. The maximum atomic E-state index is 12.4. The number of carbonyl (C=O) groups is 1. The third-order valence-electron chi connectivity index (χ3n) is 3.68. The molecule has 2 rings (SSSR count). The lowest BCUT2D eigenvalue weighted by Gasteiger charge is -2.34. The summed E-state index contributed by atoms with van der Waals surface area (Å²) in [4.78, 5) is 14.6. The van der Waals surface area contributed by atoms with Crippen LogP contribution in [0.1, 0.15) is 13.8 Å². The van der Waals surface area contributed by atoms with E-state index < -0.39 is 0 Å². The van der Waals surface area contributed by atoms with Crippen LogP contribution >= 0.6 is 11.8 Å². The lowest BCUT2D eigenvalue weighted by molar-refractivity contribution is -0.120. The van der Waals surface area contributed by atoms with E-state index in [-0.39, 0.29) is 11.9 Å². The zero-order valence-corrected chi connectivity index (χ0v) is 13.6. The molecule has 0 saturated carbocycles. The number of carbonyl (C=O) groups excluding carboxylic acids is 1. The maximum Gasteiger partial charge on any atom is 0.241 e. The van der Waals surface area contributed by atoms with Crippen LogP contribution in [0.25, 0.3) is 0 Å². The number of nitrogens with one attached hydrogen (secondary N) is 1. The fraction of sp³-hybridized carbons (Fsp3) is 0.533. The van der Waals surface area contributed by atoms with Crippen LogP contribution in [0.5, 0.6) is 5.75 Å². The lowest BCUT2D eigenvalue weighted by Crippen LogP contribution is -2.47. The van der Waals surface area contributed by atoms with Crippen molar-refractivity contribution in [1.82, 2.24) is 4.90 Å². The molecule has 2 atom stereocenters. The van der Waals surface area contributed by atoms with Crippen LogP contribution in [-0.4, -0.2) is 48.1 Å².